The lowest BCUT2D eigenvalue weighted by Crippen LogP contribution is -2.18. The standard InChI is InChI=1S/C14H20N2O2/c1-18-10-6-15-11-12-3-2-4-14-13(12)5-7-16(14)8-9-17/h2-5,7,15,17H,6,8-11H2,1H3. The van der Waals surface area contributed by atoms with Gasteiger partial charge in [-0.2, -0.15) is 0 Å². The van der Waals surface area contributed by atoms with Crippen LogP contribution < -0.4 is 5.32 Å². The molecule has 0 aliphatic rings. The van der Waals surface area contributed by atoms with Gasteiger partial charge in [-0.1, -0.05) is 12.1 Å². The maximum Gasteiger partial charge on any atom is 0.0610 e. The van der Waals surface area contributed by atoms with Crippen molar-refractivity contribution in [2.24, 2.45) is 0 Å². The quantitative estimate of drug-likeness (QED) is 0.728. The van der Waals surface area contributed by atoms with Gasteiger partial charge in [0.2, 0.25) is 0 Å². The molecule has 1 heterocycles. The van der Waals surface area contributed by atoms with Crippen molar-refractivity contribution in [2.75, 3.05) is 26.9 Å². The number of methoxy groups -OCH3 is 1. The SMILES string of the molecule is COCCNCc1cccc2c1ccn2CCO. The van der Waals surface area contributed by atoms with Crippen LogP contribution >= 0.6 is 0 Å². The molecule has 18 heavy (non-hydrogen) atoms. The fraction of sp³-hybridized carbons (Fsp3) is 0.429. The Kier molecular flexibility index (Phi) is 4.75. The van der Waals surface area contributed by atoms with Crippen LogP contribution in [0.1, 0.15) is 5.56 Å². The summed E-state index contributed by atoms with van der Waals surface area (Å²) in [7, 11) is 1.71. The number of benzene rings is 1. The molecule has 2 rings (SSSR count). The van der Waals surface area contributed by atoms with E-state index in [0.717, 1.165) is 19.7 Å². The van der Waals surface area contributed by atoms with Gasteiger partial charge in [0.15, 0.2) is 0 Å². The lowest BCUT2D eigenvalue weighted by molar-refractivity contribution is 0.199. The summed E-state index contributed by atoms with van der Waals surface area (Å²) in [5.41, 5.74) is 2.45. The van der Waals surface area contributed by atoms with Crippen LogP contribution in [-0.2, 0) is 17.8 Å². The fourth-order valence-corrected chi connectivity index (χ4v) is 2.14. The van der Waals surface area contributed by atoms with Crippen LogP contribution in [0.4, 0.5) is 0 Å². The van der Waals surface area contributed by atoms with Crippen LogP contribution in [0.3, 0.4) is 0 Å². The average molecular weight is 248 g/mol. The normalized spacial score (nSPS) is 11.2. The third kappa shape index (κ3) is 2.90. The number of fused-ring (bicyclic) bond motifs is 1. The van der Waals surface area contributed by atoms with Crippen molar-refractivity contribution in [3.8, 4) is 0 Å². The van der Waals surface area contributed by atoms with Gasteiger partial charge in [0.25, 0.3) is 0 Å². The van der Waals surface area contributed by atoms with Gasteiger partial charge in [-0.15, -0.1) is 0 Å². The summed E-state index contributed by atoms with van der Waals surface area (Å²) < 4.78 is 7.09. The molecule has 1 aromatic carbocycles. The largest absolute Gasteiger partial charge is 0.395 e. The summed E-state index contributed by atoms with van der Waals surface area (Å²) in [5.74, 6) is 0. The molecule has 4 heteroatoms. The number of hydrogen-bond donors (Lipinski definition) is 2. The van der Waals surface area contributed by atoms with Gasteiger partial charge in [0, 0.05) is 43.8 Å². The Labute approximate surface area is 107 Å². The zero-order valence-corrected chi connectivity index (χ0v) is 10.7. The van der Waals surface area contributed by atoms with Gasteiger partial charge in [-0.05, 0) is 17.7 Å². The van der Waals surface area contributed by atoms with E-state index < -0.39 is 0 Å². The number of aliphatic hydroxyl groups is 1. The maximum atomic E-state index is 9.02. The Bertz CT molecular complexity index is 493. The minimum atomic E-state index is 0.167. The van der Waals surface area contributed by atoms with Crippen molar-refractivity contribution < 1.29 is 9.84 Å². The number of nitrogens with one attached hydrogen (secondary N) is 1. The molecule has 0 saturated heterocycles. The summed E-state index contributed by atoms with van der Waals surface area (Å²) in [4.78, 5) is 0. The monoisotopic (exact) mass is 248 g/mol. The van der Waals surface area contributed by atoms with Gasteiger partial charge < -0.3 is 19.7 Å². The maximum absolute atomic E-state index is 9.02. The summed E-state index contributed by atoms with van der Waals surface area (Å²) >= 11 is 0. The van der Waals surface area contributed by atoms with Crippen molar-refractivity contribution in [3.63, 3.8) is 0 Å². The summed E-state index contributed by atoms with van der Waals surface area (Å²) in [6.45, 7) is 3.22. The number of hydrogen-bond acceptors (Lipinski definition) is 3. The van der Waals surface area contributed by atoms with Crippen molar-refractivity contribution in [1.29, 1.82) is 0 Å². The van der Waals surface area contributed by atoms with E-state index >= 15 is 0 Å². The first-order valence-electron chi connectivity index (χ1n) is 6.24. The molecule has 0 radical (unpaired) electrons. The van der Waals surface area contributed by atoms with E-state index in [4.69, 9.17) is 9.84 Å². The van der Waals surface area contributed by atoms with Crippen molar-refractivity contribution in [2.45, 2.75) is 13.1 Å². The number of rotatable bonds is 7. The molecule has 1 aromatic heterocycles. The Hall–Kier alpha value is -1.36. The molecule has 98 valence electrons. The number of ether oxygens (including phenoxy) is 1. The number of nitrogens with zero attached hydrogens (tertiary/aromatic N) is 1. The topological polar surface area (TPSA) is 46.4 Å². The Morgan fingerprint density at radius 3 is 3.00 bits per heavy atom. The second kappa shape index (κ2) is 6.54. The molecule has 0 saturated carbocycles. The Balaban J connectivity index is 2.13. The van der Waals surface area contributed by atoms with Gasteiger partial charge in [0.05, 0.1) is 13.2 Å². The van der Waals surface area contributed by atoms with Crippen LogP contribution in [0.5, 0.6) is 0 Å². The summed E-state index contributed by atoms with van der Waals surface area (Å²) in [5, 5.41) is 13.6. The van der Waals surface area contributed by atoms with Gasteiger partial charge in [-0.25, -0.2) is 0 Å². The highest BCUT2D eigenvalue weighted by Gasteiger charge is 2.04. The predicted molar refractivity (Wildman–Crippen MR) is 72.6 cm³/mol. The number of aromatic nitrogens is 1. The molecule has 4 nitrogen and oxygen atoms in total. The second-order valence-electron chi connectivity index (χ2n) is 4.25. The number of aliphatic hydroxyl groups excluding tert-OH is 1. The molecule has 0 atom stereocenters. The molecular formula is C14H20N2O2. The summed E-state index contributed by atoms with van der Waals surface area (Å²) in [6, 6.07) is 8.39. The first kappa shape index (κ1) is 13.1. The molecule has 0 fully saturated rings. The molecular weight excluding hydrogens is 228 g/mol. The van der Waals surface area contributed by atoms with E-state index in [1.165, 1.54) is 16.5 Å². The molecule has 0 unspecified atom stereocenters. The van der Waals surface area contributed by atoms with E-state index in [0.29, 0.717) is 6.54 Å². The van der Waals surface area contributed by atoms with E-state index in [-0.39, 0.29) is 6.61 Å². The minimum absolute atomic E-state index is 0.167. The Morgan fingerprint density at radius 2 is 2.22 bits per heavy atom. The van der Waals surface area contributed by atoms with E-state index in [1.54, 1.807) is 7.11 Å². The molecule has 0 aliphatic carbocycles. The third-order valence-electron chi connectivity index (χ3n) is 3.04. The third-order valence-corrected chi connectivity index (χ3v) is 3.04. The molecule has 0 bridgehead atoms. The van der Waals surface area contributed by atoms with Crippen molar-refractivity contribution in [1.82, 2.24) is 9.88 Å². The van der Waals surface area contributed by atoms with E-state index in [1.807, 2.05) is 6.20 Å². The lowest BCUT2D eigenvalue weighted by Gasteiger charge is -2.07. The second-order valence-corrected chi connectivity index (χ2v) is 4.25. The molecule has 0 amide bonds. The highest BCUT2D eigenvalue weighted by molar-refractivity contribution is 5.83. The zero-order valence-electron chi connectivity index (χ0n) is 10.7. The molecule has 2 aromatic rings. The Morgan fingerprint density at radius 1 is 1.33 bits per heavy atom. The smallest absolute Gasteiger partial charge is 0.0610 e. The van der Waals surface area contributed by atoms with Gasteiger partial charge in [0.1, 0.15) is 0 Å². The summed E-state index contributed by atoms with van der Waals surface area (Å²) in [6.07, 6.45) is 2.03. The van der Waals surface area contributed by atoms with Crippen LogP contribution in [-0.4, -0.2) is 36.5 Å². The first-order valence-corrected chi connectivity index (χ1v) is 6.24. The molecule has 0 aliphatic heterocycles. The lowest BCUT2D eigenvalue weighted by atomic mass is 10.1. The van der Waals surface area contributed by atoms with Crippen molar-refractivity contribution in [3.05, 3.63) is 36.0 Å². The highest BCUT2D eigenvalue weighted by Crippen LogP contribution is 2.20. The minimum Gasteiger partial charge on any atom is -0.395 e. The fourth-order valence-electron chi connectivity index (χ4n) is 2.14. The average Bonchev–Trinajstić information content (AvgIpc) is 2.79. The van der Waals surface area contributed by atoms with Crippen LogP contribution in [0.15, 0.2) is 30.5 Å². The van der Waals surface area contributed by atoms with Crippen LogP contribution in [0.25, 0.3) is 10.9 Å². The van der Waals surface area contributed by atoms with E-state index in [2.05, 4.69) is 34.1 Å². The highest BCUT2D eigenvalue weighted by atomic mass is 16.5. The van der Waals surface area contributed by atoms with Gasteiger partial charge in [-0.3, -0.25) is 0 Å². The predicted octanol–water partition coefficient (Wildman–Crippen LogP) is 1.37. The van der Waals surface area contributed by atoms with Gasteiger partial charge >= 0.3 is 0 Å². The van der Waals surface area contributed by atoms with Crippen LogP contribution in [0, 0.1) is 0 Å². The first-order chi connectivity index (χ1) is 8.86. The molecule has 0 spiro atoms. The van der Waals surface area contributed by atoms with Crippen LogP contribution in [0.2, 0.25) is 0 Å². The van der Waals surface area contributed by atoms with E-state index in [9.17, 15) is 0 Å². The molecule has 2 N–H and O–H groups in total. The van der Waals surface area contributed by atoms with Crippen molar-refractivity contribution >= 4 is 10.9 Å². The zero-order chi connectivity index (χ0) is 12.8.